The second kappa shape index (κ2) is 7.01. The fraction of sp³-hybridized carbons (Fsp3) is 0.600. The number of anilines is 1. The molecule has 19 heavy (non-hydrogen) atoms. The first-order valence-corrected chi connectivity index (χ1v) is 7.36. The zero-order chi connectivity index (χ0) is 13.7. The first kappa shape index (κ1) is 14.5. The van der Waals surface area contributed by atoms with Crippen molar-refractivity contribution < 1.29 is 4.74 Å². The second-order valence-electron chi connectivity index (χ2n) is 5.30. The summed E-state index contributed by atoms with van der Waals surface area (Å²) in [5, 5.41) is 4.07. The van der Waals surface area contributed by atoms with Gasteiger partial charge in [0.2, 0.25) is 0 Å². The van der Waals surface area contributed by atoms with Gasteiger partial charge < -0.3 is 15.0 Å². The number of rotatable bonds is 5. The maximum atomic E-state index is 6.10. The minimum Gasteiger partial charge on any atom is -0.495 e. The van der Waals surface area contributed by atoms with Gasteiger partial charge in [0.25, 0.3) is 0 Å². The number of ether oxygens (including phenoxy) is 1. The average Bonchev–Trinajstić information content (AvgIpc) is 2.41. The molecule has 0 spiro atoms. The van der Waals surface area contributed by atoms with Crippen LogP contribution in [0, 0.1) is 5.92 Å². The summed E-state index contributed by atoms with van der Waals surface area (Å²) in [7, 11) is 1.63. The summed E-state index contributed by atoms with van der Waals surface area (Å²) < 4.78 is 5.14. The number of methoxy groups -OCH3 is 1. The Bertz CT molecular complexity index is 403. The topological polar surface area (TPSA) is 24.5 Å². The molecule has 1 aliphatic heterocycles. The number of benzene rings is 1. The lowest BCUT2D eigenvalue weighted by molar-refractivity contribution is 0.199. The van der Waals surface area contributed by atoms with Gasteiger partial charge in [-0.3, -0.25) is 0 Å². The highest BCUT2D eigenvalue weighted by Crippen LogP contribution is 2.27. The Kier molecular flexibility index (Phi) is 5.34. The zero-order valence-corrected chi connectivity index (χ0v) is 12.5. The van der Waals surface area contributed by atoms with E-state index in [1.54, 1.807) is 7.11 Å². The molecule has 1 N–H and O–H groups in total. The number of nitrogens with zero attached hydrogens (tertiary/aromatic N) is 1. The number of hydrogen-bond acceptors (Lipinski definition) is 3. The molecule has 106 valence electrons. The molecular weight excluding hydrogens is 260 g/mol. The molecule has 0 aromatic heterocycles. The van der Waals surface area contributed by atoms with E-state index in [9.17, 15) is 0 Å². The highest BCUT2D eigenvalue weighted by atomic mass is 35.5. The minimum atomic E-state index is 0.652. The lowest BCUT2D eigenvalue weighted by Gasteiger charge is -2.30. The van der Waals surface area contributed by atoms with E-state index < -0.39 is 0 Å². The Morgan fingerprint density at radius 2 is 2.11 bits per heavy atom. The van der Waals surface area contributed by atoms with Gasteiger partial charge in [-0.15, -0.1) is 0 Å². The van der Waals surface area contributed by atoms with Crippen LogP contribution in [0.3, 0.4) is 0 Å². The van der Waals surface area contributed by atoms with Crippen LogP contribution in [0.4, 0.5) is 5.69 Å². The molecule has 0 unspecified atom stereocenters. The normalized spacial score (nSPS) is 17.4. The molecule has 0 atom stereocenters. The van der Waals surface area contributed by atoms with Gasteiger partial charge in [-0.25, -0.2) is 0 Å². The van der Waals surface area contributed by atoms with E-state index in [4.69, 9.17) is 16.3 Å². The van der Waals surface area contributed by atoms with Crippen molar-refractivity contribution in [2.45, 2.75) is 19.8 Å². The first-order chi connectivity index (χ1) is 9.19. The number of hydrogen-bond donors (Lipinski definition) is 1. The van der Waals surface area contributed by atoms with Crippen LogP contribution in [0.15, 0.2) is 18.2 Å². The standard InChI is InChI=1S/C15H23ClN2O/c1-12-5-8-18(9-6-12)10-7-17-13-3-4-15(19-2)14(16)11-13/h3-4,11-12,17H,5-10H2,1-2H3. The Hall–Kier alpha value is -0.930. The van der Waals surface area contributed by atoms with Crippen molar-refractivity contribution in [1.82, 2.24) is 4.90 Å². The van der Waals surface area contributed by atoms with Crippen LogP contribution >= 0.6 is 11.6 Å². The fourth-order valence-electron chi connectivity index (χ4n) is 2.42. The SMILES string of the molecule is COc1ccc(NCCN2CCC(C)CC2)cc1Cl. The molecule has 0 radical (unpaired) electrons. The summed E-state index contributed by atoms with van der Waals surface area (Å²) in [5.41, 5.74) is 1.05. The zero-order valence-electron chi connectivity index (χ0n) is 11.8. The third kappa shape index (κ3) is 4.29. The quantitative estimate of drug-likeness (QED) is 0.895. The van der Waals surface area contributed by atoms with E-state index in [0.717, 1.165) is 30.4 Å². The third-order valence-electron chi connectivity index (χ3n) is 3.79. The van der Waals surface area contributed by atoms with E-state index in [2.05, 4.69) is 17.1 Å². The average molecular weight is 283 g/mol. The lowest BCUT2D eigenvalue weighted by Crippen LogP contribution is -2.36. The Labute approximate surface area is 120 Å². The molecule has 1 heterocycles. The number of nitrogens with one attached hydrogen (secondary N) is 1. The second-order valence-corrected chi connectivity index (χ2v) is 5.71. The highest BCUT2D eigenvalue weighted by molar-refractivity contribution is 6.32. The van der Waals surface area contributed by atoms with Crippen molar-refractivity contribution in [2.75, 3.05) is 38.6 Å². The van der Waals surface area contributed by atoms with Gasteiger partial charge in [-0.1, -0.05) is 18.5 Å². The highest BCUT2D eigenvalue weighted by Gasteiger charge is 2.14. The van der Waals surface area contributed by atoms with Crippen LogP contribution in [0.25, 0.3) is 0 Å². The number of likely N-dealkylation sites (tertiary alicyclic amines) is 1. The van der Waals surface area contributed by atoms with Gasteiger partial charge in [-0.2, -0.15) is 0 Å². The van der Waals surface area contributed by atoms with Gasteiger partial charge in [0.15, 0.2) is 0 Å². The summed E-state index contributed by atoms with van der Waals surface area (Å²) in [5.74, 6) is 1.61. The van der Waals surface area contributed by atoms with Gasteiger partial charge in [-0.05, 0) is 50.0 Å². The molecule has 4 heteroatoms. The maximum Gasteiger partial charge on any atom is 0.137 e. The molecule has 1 aromatic rings. The molecule has 2 rings (SSSR count). The maximum absolute atomic E-state index is 6.10. The van der Waals surface area contributed by atoms with E-state index in [1.165, 1.54) is 25.9 Å². The van der Waals surface area contributed by atoms with Gasteiger partial charge in [0.1, 0.15) is 5.75 Å². The van der Waals surface area contributed by atoms with Crippen LogP contribution < -0.4 is 10.1 Å². The van der Waals surface area contributed by atoms with Crippen molar-refractivity contribution in [3.8, 4) is 5.75 Å². The van der Waals surface area contributed by atoms with Crippen molar-refractivity contribution in [2.24, 2.45) is 5.92 Å². The van der Waals surface area contributed by atoms with Crippen LogP contribution in [0.2, 0.25) is 5.02 Å². The van der Waals surface area contributed by atoms with Gasteiger partial charge in [0, 0.05) is 18.8 Å². The Morgan fingerprint density at radius 1 is 1.37 bits per heavy atom. The molecule has 0 bridgehead atoms. The number of halogens is 1. The van der Waals surface area contributed by atoms with Crippen LogP contribution in [-0.4, -0.2) is 38.2 Å². The summed E-state index contributed by atoms with van der Waals surface area (Å²) >= 11 is 6.10. The summed E-state index contributed by atoms with van der Waals surface area (Å²) in [6.07, 6.45) is 2.66. The van der Waals surface area contributed by atoms with Crippen molar-refractivity contribution >= 4 is 17.3 Å². The fourth-order valence-corrected chi connectivity index (χ4v) is 2.68. The van der Waals surface area contributed by atoms with E-state index in [1.807, 2.05) is 18.2 Å². The monoisotopic (exact) mass is 282 g/mol. The minimum absolute atomic E-state index is 0.652. The largest absolute Gasteiger partial charge is 0.495 e. The third-order valence-corrected chi connectivity index (χ3v) is 4.08. The molecule has 1 saturated heterocycles. The van der Waals surface area contributed by atoms with Crippen LogP contribution in [-0.2, 0) is 0 Å². The first-order valence-electron chi connectivity index (χ1n) is 6.99. The van der Waals surface area contributed by atoms with E-state index in [-0.39, 0.29) is 0 Å². The molecule has 0 saturated carbocycles. The van der Waals surface area contributed by atoms with E-state index in [0.29, 0.717) is 5.02 Å². The Balaban J connectivity index is 1.75. The number of piperidine rings is 1. The molecule has 3 nitrogen and oxygen atoms in total. The molecule has 1 fully saturated rings. The Morgan fingerprint density at radius 3 is 2.74 bits per heavy atom. The molecule has 0 amide bonds. The van der Waals surface area contributed by atoms with Crippen LogP contribution in [0.1, 0.15) is 19.8 Å². The molecular formula is C15H23ClN2O. The smallest absolute Gasteiger partial charge is 0.137 e. The van der Waals surface area contributed by atoms with Crippen LogP contribution in [0.5, 0.6) is 5.75 Å². The predicted molar refractivity (Wildman–Crippen MR) is 81.3 cm³/mol. The lowest BCUT2D eigenvalue weighted by atomic mass is 9.99. The van der Waals surface area contributed by atoms with Crippen molar-refractivity contribution in [3.63, 3.8) is 0 Å². The van der Waals surface area contributed by atoms with Crippen molar-refractivity contribution in [3.05, 3.63) is 23.2 Å². The summed E-state index contributed by atoms with van der Waals surface area (Å²) in [6.45, 7) is 6.85. The van der Waals surface area contributed by atoms with Crippen molar-refractivity contribution in [1.29, 1.82) is 0 Å². The molecule has 1 aliphatic rings. The molecule has 1 aromatic carbocycles. The predicted octanol–water partition coefficient (Wildman–Crippen LogP) is 3.49. The molecule has 0 aliphatic carbocycles. The van der Waals surface area contributed by atoms with Gasteiger partial charge in [0.05, 0.1) is 12.1 Å². The summed E-state index contributed by atoms with van der Waals surface area (Å²) in [6, 6.07) is 5.81. The summed E-state index contributed by atoms with van der Waals surface area (Å²) in [4.78, 5) is 2.53. The van der Waals surface area contributed by atoms with Gasteiger partial charge >= 0.3 is 0 Å². The van der Waals surface area contributed by atoms with E-state index >= 15 is 0 Å².